The number of sulfonamides is 1. The van der Waals surface area contributed by atoms with Crippen LogP contribution in [0.25, 0.3) is 0 Å². The fourth-order valence-corrected chi connectivity index (χ4v) is 5.10. The molecule has 1 saturated heterocycles. The van der Waals surface area contributed by atoms with E-state index in [0.29, 0.717) is 12.5 Å². The Labute approximate surface area is 115 Å². The first kappa shape index (κ1) is 15.2. The fraction of sp³-hybridized carbons (Fsp3) is 1.00. The first-order chi connectivity index (χ1) is 8.89. The van der Waals surface area contributed by atoms with Gasteiger partial charge in [0.25, 0.3) is 0 Å². The van der Waals surface area contributed by atoms with Crippen LogP contribution in [-0.2, 0) is 19.9 Å². The Morgan fingerprint density at radius 2 is 1.74 bits per heavy atom. The second kappa shape index (κ2) is 6.07. The zero-order valence-corrected chi connectivity index (χ0v) is 12.7. The van der Waals surface area contributed by atoms with E-state index in [0.717, 1.165) is 13.0 Å². The Kier molecular flexibility index (Phi) is 4.86. The van der Waals surface area contributed by atoms with Gasteiger partial charge in [-0.3, -0.25) is 0 Å². The van der Waals surface area contributed by atoms with Crippen LogP contribution in [0.5, 0.6) is 0 Å². The molecule has 0 aromatic rings. The minimum absolute atomic E-state index is 0.0462. The Bertz CT molecular complexity index is 483. The Balaban J connectivity index is 1.68. The lowest BCUT2D eigenvalue weighted by molar-refractivity contribution is 0.429. The number of nitrogens with one attached hydrogen (secondary N) is 1. The molecule has 8 heteroatoms. The molecular formula is C11H22N2O4S2. The van der Waals surface area contributed by atoms with Crippen molar-refractivity contribution in [2.24, 2.45) is 0 Å². The van der Waals surface area contributed by atoms with Crippen molar-refractivity contribution < 1.29 is 16.8 Å². The van der Waals surface area contributed by atoms with Gasteiger partial charge in [-0.25, -0.2) is 16.8 Å². The van der Waals surface area contributed by atoms with Crippen molar-refractivity contribution in [2.45, 2.75) is 31.7 Å². The van der Waals surface area contributed by atoms with Gasteiger partial charge >= 0.3 is 0 Å². The predicted molar refractivity (Wildman–Crippen MR) is 74.3 cm³/mol. The summed E-state index contributed by atoms with van der Waals surface area (Å²) in [6.07, 6.45) is 3.95. The molecule has 19 heavy (non-hydrogen) atoms. The third-order valence-corrected chi connectivity index (χ3v) is 7.10. The van der Waals surface area contributed by atoms with Gasteiger partial charge in [-0.05, 0) is 32.2 Å². The van der Waals surface area contributed by atoms with Crippen LogP contribution in [0.4, 0.5) is 0 Å². The van der Waals surface area contributed by atoms with E-state index in [1.807, 2.05) is 0 Å². The SMILES string of the molecule is O=S1(=O)CCN(S(=O)(=O)CCCCNC2CC2)CC1. The second-order valence-corrected chi connectivity index (χ2v) is 9.69. The third-order valence-electron chi connectivity index (χ3n) is 3.54. The number of rotatable bonds is 7. The van der Waals surface area contributed by atoms with Crippen LogP contribution < -0.4 is 5.32 Å². The average molecular weight is 310 g/mol. The van der Waals surface area contributed by atoms with Crippen molar-refractivity contribution >= 4 is 19.9 Å². The minimum atomic E-state index is -3.28. The quantitative estimate of drug-likeness (QED) is 0.646. The molecule has 6 nitrogen and oxygen atoms in total. The molecule has 1 heterocycles. The van der Waals surface area contributed by atoms with E-state index >= 15 is 0 Å². The summed E-state index contributed by atoms with van der Waals surface area (Å²) < 4.78 is 47.9. The third kappa shape index (κ3) is 5.02. The van der Waals surface area contributed by atoms with Crippen LogP contribution in [0.3, 0.4) is 0 Å². The highest BCUT2D eigenvalue weighted by atomic mass is 32.2. The molecule has 112 valence electrons. The van der Waals surface area contributed by atoms with Crippen molar-refractivity contribution in [1.29, 1.82) is 0 Å². The maximum absolute atomic E-state index is 12.0. The molecule has 0 bridgehead atoms. The number of hydrogen-bond acceptors (Lipinski definition) is 5. The molecule has 2 aliphatic rings. The van der Waals surface area contributed by atoms with E-state index < -0.39 is 19.9 Å². The molecule has 0 amide bonds. The first-order valence-electron chi connectivity index (χ1n) is 6.81. The van der Waals surface area contributed by atoms with Crippen LogP contribution in [0.15, 0.2) is 0 Å². The standard InChI is InChI=1S/C11H22N2O4S2/c14-18(15)9-6-13(7-10-18)19(16,17)8-2-1-5-12-11-3-4-11/h11-12H,1-10H2. The van der Waals surface area contributed by atoms with E-state index in [1.165, 1.54) is 17.1 Å². The minimum Gasteiger partial charge on any atom is -0.314 e. The van der Waals surface area contributed by atoms with E-state index in [1.54, 1.807) is 0 Å². The Morgan fingerprint density at radius 1 is 1.11 bits per heavy atom. The van der Waals surface area contributed by atoms with E-state index in [9.17, 15) is 16.8 Å². The van der Waals surface area contributed by atoms with Crippen LogP contribution in [0, 0.1) is 0 Å². The fourth-order valence-electron chi connectivity index (χ4n) is 2.11. The highest BCUT2D eigenvalue weighted by Gasteiger charge is 2.29. The molecule has 1 aliphatic carbocycles. The Hall–Kier alpha value is -0.180. The van der Waals surface area contributed by atoms with Crippen LogP contribution in [0.2, 0.25) is 0 Å². The molecule has 0 atom stereocenters. The highest BCUT2D eigenvalue weighted by Crippen LogP contribution is 2.18. The first-order valence-corrected chi connectivity index (χ1v) is 10.2. The molecule has 0 aromatic carbocycles. The normalized spacial score (nSPS) is 24.4. The van der Waals surface area contributed by atoms with Crippen molar-refractivity contribution in [3.63, 3.8) is 0 Å². The molecule has 0 radical (unpaired) electrons. The maximum Gasteiger partial charge on any atom is 0.214 e. The molecule has 1 aliphatic heterocycles. The predicted octanol–water partition coefficient (Wildman–Crippen LogP) is -0.421. The zero-order chi connectivity index (χ0) is 13.9. The molecule has 0 spiro atoms. The van der Waals surface area contributed by atoms with Crippen LogP contribution in [0.1, 0.15) is 25.7 Å². The summed E-state index contributed by atoms with van der Waals surface area (Å²) in [5.74, 6) is 0.0321. The summed E-state index contributed by atoms with van der Waals surface area (Å²) in [5, 5.41) is 3.35. The number of nitrogens with zero attached hydrogens (tertiary/aromatic N) is 1. The van der Waals surface area contributed by atoms with Crippen molar-refractivity contribution in [3.05, 3.63) is 0 Å². The van der Waals surface area contributed by atoms with Crippen molar-refractivity contribution in [1.82, 2.24) is 9.62 Å². The van der Waals surface area contributed by atoms with Crippen molar-refractivity contribution in [3.8, 4) is 0 Å². The van der Waals surface area contributed by atoms with Gasteiger partial charge in [0.05, 0.1) is 17.3 Å². The smallest absolute Gasteiger partial charge is 0.214 e. The van der Waals surface area contributed by atoms with Gasteiger partial charge in [-0.2, -0.15) is 4.31 Å². The van der Waals surface area contributed by atoms with Gasteiger partial charge in [-0.1, -0.05) is 0 Å². The summed E-state index contributed by atoms with van der Waals surface area (Å²) in [5.41, 5.74) is 0. The number of unbranched alkanes of at least 4 members (excludes halogenated alkanes) is 1. The molecule has 1 N–H and O–H groups in total. The van der Waals surface area contributed by atoms with Crippen LogP contribution in [-0.4, -0.2) is 64.1 Å². The summed E-state index contributed by atoms with van der Waals surface area (Å²) >= 11 is 0. The lowest BCUT2D eigenvalue weighted by atomic mass is 10.3. The lowest BCUT2D eigenvalue weighted by Crippen LogP contribution is -2.44. The van der Waals surface area contributed by atoms with Crippen LogP contribution >= 0.6 is 0 Å². The highest BCUT2D eigenvalue weighted by molar-refractivity contribution is 7.92. The van der Waals surface area contributed by atoms with Crippen molar-refractivity contribution in [2.75, 3.05) is 36.9 Å². The van der Waals surface area contributed by atoms with Gasteiger partial charge in [-0.15, -0.1) is 0 Å². The molecule has 1 saturated carbocycles. The summed E-state index contributed by atoms with van der Waals surface area (Å²) in [6.45, 7) is 1.10. The van der Waals surface area contributed by atoms with Gasteiger partial charge in [0.1, 0.15) is 0 Å². The van der Waals surface area contributed by atoms with Gasteiger partial charge in [0.2, 0.25) is 10.0 Å². The zero-order valence-electron chi connectivity index (χ0n) is 11.0. The van der Waals surface area contributed by atoms with E-state index in [-0.39, 0.29) is 30.3 Å². The summed E-state index contributed by atoms with van der Waals surface area (Å²) in [4.78, 5) is 0. The number of hydrogen-bond donors (Lipinski definition) is 1. The molecular weight excluding hydrogens is 288 g/mol. The molecule has 0 aromatic heterocycles. The second-order valence-electron chi connectivity index (χ2n) is 5.30. The summed E-state index contributed by atoms with van der Waals surface area (Å²) in [6, 6.07) is 0.656. The van der Waals surface area contributed by atoms with Gasteiger partial charge in [0, 0.05) is 19.1 Å². The summed E-state index contributed by atoms with van der Waals surface area (Å²) in [7, 11) is -6.30. The van der Waals surface area contributed by atoms with E-state index in [4.69, 9.17) is 0 Å². The molecule has 2 fully saturated rings. The average Bonchev–Trinajstić information content (AvgIpc) is 3.12. The number of sulfone groups is 1. The van der Waals surface area contributed by atoms with Gasteiger partial charge < -0.3 is 5.32 Å². The van der Waals surface area contributed by atoms with Gasteiger partial charge in [0.15, 0.2) is 9.84 Å². The monoisotopic (exact) mass is 310 g/mol. The Morgan fingerprint density at radius 3 is 2.32 bits per heavy atom. The molecule has 2 rings (SSSR count). The maximum atomic E-state index is 12.0. The molecule has 0 unspecified atom stereocenters. The lowest BCUT2D eigenvalue weighted by Gasteiger charge is -2.25. The van der Waals surface area contributed by atoms with E-state index in [2.05, 4.69) is 5.32 Å². The largest absolute Gasteiger partial charge is 0.314 e. The topological polar surface area (TPSA) is 83.6 Å².